The largest absolute Gasteiger partial charge is 0.391 e. The topological polar surface area (TPSA) is 74.9 Å². The molecule has 4 heteroatoms. The number of rotatable bonds is 2. The molecule has 0 saturated carbocycles. The summed E-state index contributed by atoms with van der Waals surface area (Å²) in [6, 6.07) is 3.50. The molecule has 2 aromatic heterocycles. The third-order valence-electron chi connectivity index (χ3n) is 2.33. The average Bonchev–Trinajstić information content (AvgIpc) is 2.62. The van der Waals surface area contributed by atoms with Gasteiger partial charge in [0.2, 0.25) is 0 Å². The van der Waals surface area contributed by atoms with Gasteiger partial charge in [0, 0.05) is 17.8 Å². The lowest BCUT2D eigenvalue weighted by Gasteiger charge is -2.14. The van der Waals surface area contributed by atoms with Crippen molar-refractivity contribution in [2.24, 2.45) is 5.73 Å². The zero-order chi connectivity index (χ0) is 10.1. The monoisotopic (exact) mass is 191 g/mol. The van der Waals surface area contributed by atoms with E-state index in [4.69, 9.17) is 5.73 Å². The maximum absolute atomic E-state index is 9.34. The molecule has 0 radical (unpaired) electrons. The van der Waals surface area contributed by atoms with E-state index >= 15 is 0 Å². The fourth-order valence-electron chi connectivity index (χ4n) is 1.42. The molecule has 0 bridgehead atoms. The van der Waals surface area contributed by atoms with Crippen LogP contribution >= 0.6 is 0 Å². The zero-order valence-corrected chi connectivity index (χ0v) is 7.94. The predicted octanol–water partition coefficient (Wildman–Crippen LogP) is 0.944. The first-order valence-electron chi connectivity index (χ1n) is 4.55. The Labute approximate surface area is 81.8 Å². The Hall–Kier alpha value is -1.39. The minimum absolute atomic E-state index is 0.373. The Morgan fingerprint density at radius 3 is 3.07 bits per heavy atom. The molecule has 0 aliphatic carbocycles. The van der Waals surface area contributed by atoms with Crippen LogP contribution < -0.4 is 5.73 Å². The number of hydrogen-bond donors (Lipinski definition) is 3. The second kappa shape index (κ2) is 3.40. The fraction of sp³-hybridized carbons (Fsp3) is 0.300. The molecule has 0 aliphatic rings. The lowest BCUT2D eigenvalue weighted by molar-refractivity contribution is 0.164. The van der Waals surface area contributed by atoms with E-state index in [9.17, 15) is 5.11 Å². The van der Waals surface area contributed by atoms with Gasteiger partial charge < -0.3 is 15.8 Å². The van der Waals surface area contributed by atoms with E-state index < -0.39 is 6.10 Å². The van der Waals surface area contributed by atoms with Crippen LogP contribution in [0.25, 0.3) is 11.0 Å². The molecule has 2 heterocycles. The Bertz CT molecular complexity index is 436. The van der Waals surface area contributed by atoms with Gasteiger partial charge in [-0.1, -0.05) is 0 Å². The number of pyridine rings is 1. The second-order valence-corrected chi connectivity index (χ2v) is 3.45. The Morgan fingerprint density at radius 1 is 1.57 bits per heavy atom. The molecular weight excluding hydrogens is 178 g/mol. The number of aliphatic hydroxyl groups excluding tert-OH is 1. The molecule has 2 rings (SSSR count). The Morgan fingerprint density at radius 2 is 2.36 bits per heavy atom. The number of aromatic amines is 1. The molecule has 0 fully saturated rings. The van der Waals surface area contributed by atoms with Gasteiger partial charge in [-0.05, 0) is 24.6 Å². The van der Waals surface area contributed by atoms with Crippen LogP contribution in [-0.4, -0.2) is 21.2 Å². The molecule has 4 nitrogen and oxygen atoms in total. The fourth-order valence-corrected chi connectivity index (χ4v) is 1.42. The van der Waals surface area contributed by atoms with Crippen molar-refractivity contribution in [3.63, 3.8) is 0 Å². The van der Waals surface area contributed by atoms with Crippen molar-refractivity contribution in [2.45, 2.75) is 19.1 Å². The zero-order valence-electron chi connectivity index (χ0n) is 7.94. The molecule has 0 spiro atoms. The highest BCUT2D eigenvalue weighted by atomic mass is 16.3. The van der Waals surface area contributed by atoms with Gasteiger partial charge >= 0.3 is 0 Å². The first kappa shape index (κ1) is 9.18. The van der Waals surface area contributed by atoms with Crippen molar-refractivity contribution in [1.29, 1.82) is 0 Å². The Kier molecular flexibility index (Phi) is 2.23. The van der Waals surface area contributed by atoms with Gasteiger partial charge in [-0.2, -0.15) is 0 Å². The number of aromatic nitrogens is 2. The van der Waals surface area contributed by atoms with E-state index in [0.29, 0.717) is 0 Å². The van der Waals surface area contributed by atoms with Crippen molar-refractivity contribution >= 4 is 11.0 Å². The van der Waals surface area contributed by atoms with Crippen LogP contribution in [0.2, 0.25) is 0 Å². The number of nitrogens with zero attached hydrogens (tertiary/aromatic N) is 1. The lowest BCUT2D eigenvalue weighted by atomic mass is 10.1. The van der Waals surface area contributed by atoms with Gasteiger partial charge in [0.15, 0.2) is 0 Å². The maximum Gasteiger partial charge on any atom is 0.137 e. The standard InChI is InChI=1S/C10H13N3O/c1-6(14)9(11)8-4-7-2-3-12-10(7)13-5-8/h2-6,9,14H,11H2,1H3,(H,12,13)/t6-,9-/m0/s1. The number of aliphatic hydroxyl groups is 1. The third-order valence-corrected chi connectivity index (χ3v) is 2.33. The van der Waals surface area contributed by atoms with E-state index in [0.717, 1.165) is 16.6 Å². The SMILES string of the molecule is C[C@H](O)[C@H](N)c1cnc2[nH]ccc2c1. The van der Waals surface area contributed by atoms with Crippen LogP contribution in [0.15, 0.2) is 24.5 Å². The van der Waals surface area contributed by atoms with E-state index in [1.54, 1.807) is 13.1 Å². The highest BCUT2D eigenvalue weighted by molar-refractivity contribution is 5.75. The van der Waals surface area contributed by atoms with Gasteiger partial charge in [-0.15, -0.1) is 0 Å². The van der Waals surface area contributed by atoms with Crippen LogP contribution in [-0.2, 0) is 0 Å². The molecule has 0 amide bonds. The molecule has 2 atom stereocenters. The smallest absolute Gasteiger partial charge is 0.137 e. The van der Waals surface area contributed by atoms with E-state index in [2.05, 4.69) is 9.97 Å². The number of H-pyrrole nitrogens is 1. The number of nitrogens with two attached hydrogens (primary N) is 1. The van der Waals surface area contributed by atoms with E-state index in [1.165, 1.54) is 0 Å². The molecule has 0 unspecified atom stereocenters. The summed E-state index contributed by atoms with van der Waals surface area (Å²) >= 11 is 0. The summed E-state index contributed by atoms with van der Waals surface area (Å²) in [4.78, 5) is 7.20. The first-order chi connectivity index (χ1) is 6.68. The van der Waals surface area contributed by atoms with E-state index in [1.807, 2.05) is 18.3 Å². The minimum atomic E-state index is -0.562. The van der Waals surface area contributed by atoms with Gasteiger partial charge in [0.1, 0.15) is 5.65 Å². The van der Waals surface area contributed by atoms with Crippen LogP contribution in [0.4, 0.5) is 0 Å². The normalized spacial score (nSPS) is 15.6. The van der Waals surface area contributed by atoms with Crippen LogP contribution in [0.3, 0.4) is 0 Å². The molecule has 74 valence electrons. The summed E-state index contributed by atoms with van der Waals surface area (Å²) < 4.78 is 0. The molecule has 2 aromatic rings. The average molecular weight is 191 g/mol. The Balaban J connectivity index is 2.43. The summed E-state index contributed by atoms with van der Waals surface area (Å²) in [5.74, 6) is 0. The molecule has 14 heavy (non-hydrogen) atoms. The van der Waals surface area contributed by atoms with Gasteiger partial charge in [-0.25, -0.2) is 4.98 Å². The summed E-state index contributed by atoms with van der Waals surface area (Å²) in [6.07, 6.45) is 2.96. The minimum Gasteiger partial charge on any atom is -0.391 e. The molecule has 0 aliphatic heterocycles. The maximum atomic E-state index is 9.34. The van der Waals surface area contributed by atoms with Gasteiger partial charge in [-0.3, -0.25) is 0 Å². The molecule has 4 N–H and O–H groups in total. The highest BCUT2D eigenvalue weighted by Crippen LogP contribution is 2.17. The first-order valence-corrected chi connectivity index (χ1v) is 4.55. The van der Waals surface area contributed by atoms with E-state index in [-0.39, 0.29) is 6.04 Å². The third kappa shape index (κ3) is 1.49. The van der Waals surface area contributed by atoms with Gasteiger partial charge in [0.05, 0.1) is 12.1 Å². The van der Waals surface area contributed by atoms with Crippen molar-refractivity contribution in [1.82, 2.24) is 9.97 Å². The number of hydrogen-bond acceptors (Lipinski definition) is 3. The summed E-state index contributed by atoms with van der Waals surface area (Å²) in [7, 11) is 0. The van der Waals surface area contributed by atoms with Crippen molar-refractivity contribution in [3.8, 4) is 0 Å². The molecule has 0 aromatic carbocycles. The van der Waals surface area contributed by atoms with Crippen molar-refractivity contribution in [3.05, 3.63) is 30.1 Å². The van der Waals surface area contributed by atoms with Gasteiger partial charge in [0.25, 0.3) is 0 Å². The second-order valence-electron chi connectivity index (χ2n) is 3.45. The van der Waals surface area contributed by atoms with Crippen LogP contribution in [0.1, 0.15) is 18.5 Å². The lowest BCUT2D eigenvalue weighted by Crippen LogP contribution is -2.23. The summed E-state index contributed by atoms with van der Waals surface area (Å²) in [6.45, 7) is 1.67. The van der Waals surface area contributed by atoms with Crippen LogP contribution in [0.5, 0.6) is 0 Å². The predicted molar refractivity (Wildman–Crippen MR) is 54.7 cm³/mol. The molecular formula is C10H13N3O. The van der Waals surface area contributed by atoms with Crippen molar-refractivity contribution < 1.29 is 5.11 Å². The quantitative estimate of drug-likeness (QED) is 0.661. The molecule has 0 saturated heterocycles. The summed E-state index contributed by atoms with van der Waals surface area (Å²) in [5, 5.41) is 10.3. The number of nitrogens with one attached hydrogen (secondary N) is 1. The van der Waals surface area contributed by atoms with Crippen molar-refractivity contribution in [2.75, 3.05) is 0 Å². The number of fused-ring (bicyclic) bond motifs is 1. The van der Waals surface area contributed by atoms with Crippen LogP contribution in [0, 0.1) is 0 Å². The highest BCUT2D eigenvalue weighted by Gasteiger charge is 2.12. The summed E-state index contributed by atoms with van der Waals surface area (Å²) in [5.41, 5.74) is 7.49.